The SMILES string of the molecule is COCCCNC(=O)c1cc(NC(=O)c2ccccc2F)ccc1N1CCN(c2ccccc2OC)CC1. The van der Waals surface area contributed by atoms with Crippen molar-refractivity contribution in [1.82, 2.24) is 5.32 Å². The molecule has 1 saturated heterocycles. The minimum absolute atomic E-state index is 0.0606. The molecule has 1 fully saturated rings. The molecule has 0 radical (unpaired) electrons. The third kappa shape index (κ3) is 6.41. The number of carbonyl (C=O) groups is 2. The molecule has 0 aromatic heterocycles. The number of piperazine rings is 1. The molecule has 2 amide bonds. The summed E-state index contributed by atoms with van der Waals surface area (Å²) in [6.07, 6.45) is 0.679. The van der Waals surface area contributed by atoms with Gasteiger partial charge in [-0.15, -0.1) is 0 Å². The first-order chi connectivity index (χ1) is 18.5. The Balaban J connectivity index is 1.53. The molecule has 8 nitrogen and oxygen atoms in total. The van der Waals surface area contributed by atoms with E-state index >= 15 is 0 Å². The van der Waals surface area contributed by atoms with E-state index in [1.165, 1.54) is 18.2 Å². The standard InChI is InChI=1S/C29H33FN4O4/c1-37-19-7-14-31-28(35)23-20-21(32-29(36)22-8-3-4-9-24(22)30)12-13-25(23)33-15-17-34(18-16-33)26-10-5-6-11-27(26)38-2/h3-6,8-13,20H,7,14-19H2,1-2H3,(H,31,35)(H,32,36). The number of hydrogen-bond donors (Lipinski definition) is 2. The van der Waals surface area contributed by atoms with Crippen LogP contribution in [-0.4, -0.2) is 65.4 Å². The predicted molar refractivity (Wildman–Crippen MR) is 147 cm³/mol. The largest absolute Gasteiger partial charge is 0.495 e. The van der Waals surface area contributed by atoms with Crippen molar-refractivity contribution >= 4 is 28.9 Å². The molecule has 200 valence electrons. The van der Waals surface area contributed by atoms with Gasteiger partial charge in [0.2, 0.25) is 0 Å². The zero-order valence-corrected chi connectivity index (χ0v) is 21.7. The summed E-state index contributed by atoms with van der Waals surface area (Å²) in [6, 6.07) is 18.9. The summed E-state index contributed by atoms with van der Waals surface area (Å²) in [5.41, 5.74) is 2.61. The molecule has 9 heteroatoms. The van der Waals surface area contributed by atoms with E-state index in [1.54, 1.807) is 32.4 Å². The first kappa shape index (κ1) is 26.9. The molecular formula is C29H33FN4O4. The van der Waals surface area contributed by atoms with Gasteiger partial charge in [-0.3, -0.25) is 9.59 Å². The van der Waals surface area contributed by atoms with Crippen molar-refractivity contribution in [2.75, 3.05) is 68.7 Å². The Morgan fingerprint density at radius 2 is 1.53 bits per heavy atom. The number of benzene rings is 3. The normalized spacial score (nSPS) is 13.2. The number of methoxy groups -OCH3 is 2. The Morgan fingerprint density at radius 1 is 0.842 bits per heavy atom. The van der Waals surface area contributed by atoms with Crippen molar-refractivity contribution in [3.05, 3.63) is 83.7 Å². The molecule has 0 aliphatic carbocycles. The van der Waals surface area contributed by atoms with E-state index in [2.05, 4.69) is 20.4 Å². The fourth-order valence-electron chi connectivity index (χ4n) is 4.51. The molecule has 1 heterocycles. The monoisotopic (exact) mass is 520 g/mol. The van der Waals surface area contributed by atoms with Gasteiger partial charge in [0.15, 0.2) is 0 Å². The van der Waals surface area contributed by atoms with Crippen molar-refractivity contribution in [2.45, 2.75) is 6.42 Å². The van der Waals surface area contributed by atoms with Gasteiger partial charge in [0.05, 0.1) is 23.9 Å². The number of para-hydroxylation sites is 2. The molecule has 3 aromatic rings. The van der Waals surface area contributed by atoms with E-state index in [1.807, 2.05) is 30.3 Å². The third-order valence-corrected chi connectivity index (χ3v) is 6.47. The molecule has 3 aromatic carbocycles. The Hall–Kier alpha value is -4.11. The minimum atomic E-state index is -0.606. The van der Waals surface area contributed by atoms with Crippen molar-refractivity contribution in [1.29, 1.82) is 0 Å². The van der Waals surface area contributed by atoms with Crippen molar-refractivity contribution in [3.8, 4) is 5.75 Å². The van der Waals surface area contributed by atoms with Crippen LogP contribution in [0.3, 0.4) is 0 Å². The van der Waals surface area contributed by atoms with E-state index in [0.717, 1.165) is 30.2 Å². The van der Waals surface area contributed by atoms with Crippen molar-refractivity contribution in [2.24, 2.45) is 0 Å². The van der Waals surface area contributed by atoms with Crippen LogP contribution >= 0.6 is 0 Å². The van der Waals surface area contributed by atoms with E-state index in [4.69, 9.17) is 9.47 Å². The van der Waals surface area contributed by atoms with E-state index in [0.29, 0.717) is 43.9 Å². The average molecular weight is 521 g/mol. The number of hydrogen-bond acceptors (Lipinski definition) is 6. The lowest BCUT2D eigenvalue weighted by Gasteiger charge is -2.38. The van der Waals surface area contributed by atoms with Crippen LogP contribution in [0, 0.1) is 5.82 Å². The van der Waals surface area contributed by atoms with Gasteiger partial charge in [0, 0.05) is 57.8 Å². The van der Waals surface area contributed by atoms with Crippen LogP contribution in [0.5, 0.6) is 5.75 Å². The van der Waals surface area contributed by atoms with Gasteiger partial charge in [0.1, 0.15) is 11.6 Å². The number of rotatable bonds is 10. The molecule has 0 atom stereocenters. The highest BCUT2D eigenvalue weighted by Crippen LogP contribution is 2.31. The van der Waals surface area contributed by atoms with E-state index < -0.39 is 11.7 Å². The fourth-order valence-corrected chi connectivity index (χ4v) is 4.51. The van der Waals surface area contributed by atoms with Crippen LogP contribution in [0.2, 0.25) is 0 Å². The Kier molecular flexibility index (Phi) is 9.16. The average Bonchev–Trinajstić information content (AvgIpc) is 2.95. The molecule has 38 heavy (non-hydrogen) atoms. The molecule has 1 aliphatic heterocycles. The minimum Gasteiger partial charge on any atom is -0.495 e. The second kappa shape index (κ2) is 12.9. The first-order valence-electron chi connectivity index (χ1n) is 12.6. The third-order valence-electron chi connectivity index (χ3n) is 6.47. The van der Waals surface area contributed by atoms with Gasteiger partial charge < -0.3 is 29.9 Å². The number of carbonyl (C=O) groups excluding carboxylic acids is 2. The quantitative estimate of drug-likeness (QED) is 0.391. The highest BCUT2D eigenvalue weighted by Gasteiger charge is 2.24. The van der Waals surface area contributed by atoms with Gasteiger partial charge in [0.25, 0.3) is 11.8 Å². The van der Waals surface area contributed by atoms with Gasteiger partial charge in [-0.05, 0) is 48.9 Å². The van der Waals surface area contributed by atoms with Crippen LogP contribution in [0.1, 0.15) is 27.1 Å². The highest BCUT2D eigenvalue weighted by atomic mass is 19.1. The first-order valence-corrected chi connectivity index (χ1v) is 12.6. The molecule has 2 N–H and O–H groups in total. The lowest BCUT2D eigenvalue weighted by atomic mass is 10.1. The summed E-state index contributed by atoms with van der Waals surface area (Å²) >= 11 is 0. The maximum absolute atomic E-state index is 14.1. The van der Waals surface area contributed by atoms with E-state index in [9.17, 15) is 14.0 Å². The van der Waals surface area contributed by atoms with Crippen molar-refractivity contribution < 1.29 is 23.5 Å². The van der Waals surface area contributed by atoms with Crippen molar-refractivity contribution in [3.63, 3.8) is 0 Å². The molecule has 0 spiro atoms. The number of nitrogens with zero attached hydrogens (tertiary/aromatic N) is 2. The second-order valence-corrected chi connectivity index (χ2v) is 8.91. The van der Waals surface area contributed by atoms with Crippen LogP contribution < -0.4 is 25.2 Å². The van der Waals surface area contributed by atoms with Gasteiger partial charge in [-0.2, -0.15) is 0 Å². The topological polar surface area (TPSA) is 83.1 Å². The maximum atomic E-state index is 14.1. The zero-order valence-electron chi connectivity index (χ0n) is 21.7. The summed E-state index contributed by atoms with van der Waals surface area (Å²) in [5, 5.41) is 5.66. The number of halogens is 1. The van der Waals surface area contributed by atoms with Crippen LogP contribution in [0.25, 0.3) is 0 Å². The Bertz CT molecular complexity index is 1260. The highest BCUT2D eigenvalue weighted by molar-refractivity contribution is 6.06. The summed E-state index contributed by atoms with van der Waals surface area (Å²) in [7, 11) is 3.28. The summed E-state index contributed by atoms with van der Waals surface area (Å²) in [6.45, 7) is 3.89. The van der Waals surface area contributed by atoms with Crippen LogP contribution in [0.4, 0.5) is 21.5 Å². The summed E-state index contributed by atoms with van der Waals surface area (Å²) in [4.78, 5) is 30.3. The molecule has 4 rings (SSSR count). The fraction of sp³-hybridized carbons (Fsp3) is 0.310. The van der Waals surface area contributed by atoms with E-state index in [-0.39, 0.29) is 11.5 Å². The van der Waals surface area contributed by atoms with Crippen LogP contribution in [-0.2, 0) is 4.74 Å². The number of ether oxygens (including phenoxy) is 2. The van der Waals surface area contributed by atoms with Crippen LogP contribution in [0.15, 0.2) is 66.7 Å². The summed E-state index contributed by atoms with van der Waals surface area (Å²) < 4.78 is 24.7. The molecule has 0 bridgehead atoms. The molecule has 0 saturated carbocycles. The van der Waals surface area contributed by atoms with Gasteiger partial charge in [-0.1, -0.05) is 24.3 Å². The lowest BCUT2D eigenvalue weighted by Crippen LogP contribution is -2.47. The second-order valence-electron chi connectivity index (χ2n) is 8.91. The van der Waals surface area contributed by atoms with Gasteiger partial charge in [-0.25, -0.2) is 4.39 Å². The molecule has 0 unspecified atom stereocenters. The number of amides is 2. The lowest BCUT2D eigenvalue weighted by molar-refractivity contribution is 0.0947. The predicted octanol–water partition coefficient (Wildman–Crippen LogP) is 4.18. The molecule has 1 aliphatic rings. The number of nitrogens with one attached hydrogen (secondary N) is 2. The van der Waals surface area contributed by atoms with Gasteiger partial charge >= 0.3 is 0 Å². The zero-order chi connectivity index (χ0) is 26.9. The Morgan fingerprint density at radius 3 is 2.24 bits per heavy atom. The number of anilines is 3. The molecular weight excluding hydrogens is 487 g/mol. The smallest absolute Gasteiger partial charge is 0.258 e. The summed E-state index contributed by atoms with van der Waals surface area (Å²) in [5.74, 6) is -0.601. The Labute approximate surface area is 222 Å². The maximum Gasteiger partial charge on any atom is 0.258 e.